The number of aromatic nitrogens is 1. The molecule has 1 aromatic heterocycles. The lowest BCUT2D eigenvalue weighted by atomic mass is 10.1. The molecule has 1 N–H and O–H groups in total. The van der Waals surface area contributed by atoms with Crippen LogP contribution in [0.2, 0.25) is 10.0 Å². The monoisotopic (exact) mass is 433 g/mol. The molecule has 0 saturated carbocycles. The van der Waals surface area contributed by atoms with Crippen molar-refractivity contribution < 1.29 is 13.2 Å². The minimum atomic E-state index is -3.18. The topological polar surface area (TPSA) is 79.4 Å². The summed E-state index contributed by atoms with van der Waals surface area (Å²) >= 11 is 13.6. The Hall–Kier alpha value is -1.19. The molecule has 1 saturated heterocycles. The number of nitrogens with zero attached hydrogens (tertiary/aromatic N) is 2. The second-order valence-electron chi connectivity index (χ2n) is 5.89. The van der Waals surface area contributed by atoms with Gasteiger partial charge in [0, 0.05) is 37.0 Å². The third-order valence-corrected chi connectivity index (χ3v) is 7.71. The van der Waals surface area contributed by atoms with Crippen molar-refractivity contribution in [3.05, 3.63) is 44.9 Å². The van der Waals surface area contributed by atoms with Crippen molar-refractivity contribution in [2.24, 2.45) is 0 Å². The minimum absolute atomic E-state index is 0.105. The number of anilines is 1. The molecule has 0 spiro atoms. The Morgan fingerprint density at radius 1 is 1.35 bits per heavy atom. The number of benzene rings is 1. The third kappa shape index (κ3) is 4.75. The minimum Gasteiger partial charge on any atom is -0.302 e. The van der Waals surface area contributed by atoms with Crippen molar-refractivity contribution >= 4 is 55.6 Å². The zero-order chi connectivity index (χ0) is 18.7. The predicted molar refractivity (Wildman–Crippen MR) is 105 cm³/mol. The van der Waals surface area contributed by atoms with E-state index in [0.29, 0.717) is 34.6 Å². The molecule has 1 aliphatic rings. The van der Waals surface area contributed by atoms with E-state index in [4.69, 9.17) is 23.2 Å². The van der Waals surface area contributed by atoms with Crippen molar-refractivity contribution in [2.45, 2.75) is 19.3 Å². The van der Waals surface area contributed by atoms with Gasteiger partial charge in [-0.1, -0.05) is 35.3 Å². The summed E-state index contributed by atoms with van der Waals surface area (Å²) < 4.78 is 24.8. The second kappa shape index (κ2) is 8.22. The molecule has 2 heterocycles. The Labute approximate surface area is 166 Å². The average molecular weight is 434 g/mol. The lowest BCUT2D eigenvalue weighted by Gasteiger charge is -2.13. The number of thiazole rings is 1. The van der Waals surface area contributed by atoms with E-state index >= 15 is 0 Å². The van der Waals surface area contributed by atoms with Crippen molar-refractivity contribution in [3.8, 4) is 0 Å². The Bertz CT molecular complexity index is 915. The molecule has 0 aliphatic carbocycles. The molecule has 0 bridgehead atoms. The molecular weight excluding hydrogens is 417 g/mol. The number of hydrogen-bond donors (Lipinski definition) is 1. The van der Waals surface area contributed by atoms with E-state index in [9.17, 15) is 13.2 Å². The number of halogens is 2. The average Bonchev–Trinajstić information content (AvgIpc) is 3.15. The fourth-order valence-electron chi connectivity index (χ4n) is 2.67. The van der Waals surface area contributed by atoms with Gasteiger partial charge in [0.1, 0.15) is 0 Å². The number of hydrogen-bond acceptors (Lipinski definition) is 5. The van der Waals surface area contributed by atoms with E-state index in [0.717, 1.165) is 10.4 Å². The maximum Gasteiger partial charge on any atom is 0.227 e. The van der Waals surface area contributed by atoms with Gasteiger partial charge in [-0.3, -0.25) is 4.79 Å². The number of sulfonamides is 1. The lowest BCUT2D eigenvalue weighted by Crippen LogP contribution is -2.29. The predicted octanol–water partition coefficient (Wildman–Crippen LogP) is 3.40. The summed E-state index contributed by atoms with van der Waals surface area (Å²) in [6.07, 6.45) is 2.97. The molecule has 2 aromatic rings. The second-order valence-corrected chi connectivity index (χ2v) is 9.88. The molecule has 10 heteroatoms. The van der Waals surface area contributed by atoms with Crippen LogP contribution in [0.1, 0.15) is 23.3 Å². The standard InChI is InChI=1S/C16H17Cl2N3O3S2/c17-13-4-1-3-11(15(13)18)9-12-10-19-16(25-12)20-14(22)5-7-21-6-2-8-26(21,23)24/h1,3-4,10H,2,5-9H2,(H,19,20,22). The van der Waals surface area contributed by atoms with E-state index in [1.165, 1.54) is 15.6 Å². The number of carbonyl (C=O) groups excluding carboxylic acids is 1. The first-order chi connectivity index (χ1) is 12.3. The molecule has 0 unspecified atom stereocenters. The number of nitrogens with one attached hydrogen (secondary N) is 1. The Kier molecular flexibility index (Phi) is 6.19. The summed E-state index contributed by atoms with van der Waals surface area (Å²) in [6.45, 7) is 0.682. The van der Waals surface area contributed by atoms with Gasteiger partial charge in [0.25, 0.3) is 0 Å². The maximum absolute atomic E-state index is 12.0. The number of amides is 1. The molecule has 1 fully saturated rings. The highest BCUT2D eigenvalue weighted by atomic mass is 35.5. The SMILES string of the molecule is O=C(CCN1CCCS1(=O)=O)Nc1ncc(Cc2cccc(Cl)c2Cl)s1. The van der Waals surface area contributed by atoms with Gasteiger partial charge in [-0.2, -0.15) is 0 Å². The molecule has 3 rings (SSSR count). The molecule has 0 atom stereocenters. The van der Waals surface area contributed by atoms with Crippen LogP contribution in [0.5, 0.6) is 0 Å². The molecule has 26 heavy (non-hydrogen) atoms. The van der Waals surface area contributed by atoms with Gasteiger partial charge in [-0.15, -0.1) is 11.3 Å². The highest BCUT2D eigenvalue weighted by molar-refractivity contribution is 7.89. The van der Waals surface area contributed by atoms with Crippen molar-refractivity contribution in [1.29, 1.82) is 0 Å². The number of carbonyl (C=O) groups is 1. The first-order valence-corrected chi connectivity index (χ1v) is 11.2. The summed E-state index contributed by atoms with van der Waals surface area (Å²) in [6, 6.07) is 5.45. The summed E-state index contributed by atoms with van der Waals surface area (Å²) in [5.41, 5.74) is 0.889. The van der Waals surface area contributed by atoms with Gasteiger partial charge in [0.05, 0.1) is 15.8 Å². The van der Waals surface area contributed by atoms with E-state index in [2.05, 4.69) is 10.3 Å². The Balaban J connectivity index is 1.55. The van der Waals surface area contributed by atoms with Crippen molar-refractivity contribution in [2.75, 3.05) is 24.2 Å². The Morgan fingerprint density at radius 3 is 2.88 bits per heavy atom. The van der Waals surface area contributed by atoms with Crippen molar-refractivity contribution in [3.63, 3.8) is 0 Å². The fourth-order valence-corrected chi connectivity index (χ4v) is 5.44. The Morgan fingerprint density at radius 2 is 2.15 bits per heavy atom. The van der Waals surface area contributed by atoms with E-state index in [1.54, 1.807) is 12.3 Å². The van der Waals surface area contributed by atoms with E-state index in [-0.39, 0.29) is 24.6 Å². The summed E-state index contributed by atoms with van der Waals surface area (Å²) in [5.74, 6) is -0.0925. The highest BCUT2D eigenvalue weighted by Gasteiger charge is 2.28. The van der Waals surface area contributed by atoms with Crippen LogP contribution < -0.4 is 5.32 Å². The summed E-state index contributed by atoms with van der Waals surface area (Å²) in [7, 11) is -3.18. The summed E-state index contributed by atoms with van der Waals surface area (Å²) in [4.78, 5) is 17.2. The molecule has 1 amide bonds. The van der Waals surface area contributed by atoms with Gasteiger partial charge >= 0.3 is 0 Å². The fraction of sp³-hybridized carbons (Fsp3) is 0.375. The van der Waals surface area contributed by atoms with Crippen LogP contribution >= 0.6 is 34.5 Å². The third-order valence-electron chi connectivity index (χ3n) is 3.99. The van der Waals surface area contributed by atoms with E-state index in [1.807, 2.05) is 12.1 Å². The molecule has 1 aromatic carbocycles. The van der Waals surface area contributed by atoms with Crippen LogP contribution in [-0.4, -0.2) is 42.5 Å². The summed E-state index contributed by atoms with van der Waals surface area (Å²) in [5, 5.41) is 4.21. The van der Waals surface area contributed by atoms with Crippen LogP contribution in [0.3, 0.4) is 0 Å². The lowest BCUT2D eigenvalue weighted by molar-refractivity contribution is -0.116. The van der Waals surface area contributed by atoms with Crippen LogP contribution in [0.15, 0.2) is 24.4 Å². The van der Waals surface area contributed by atoms with Gasteiger partial charge in [0.2, 0.25) is 15.9 Å². The maximum atomic E-state index is 12.0. The van der Waals surface area contributed by atoms with Gasteiger partial charge in [-0.25, -0.2) is 17.7 Å². The van der Waals surface area contributed by atoms with Crippen LogP contribution in [-0.2, 0) is 21.2 Å². The first-order valence-electron chi connectivity index (χ1n) is 8.00. The van der Waals surface area contributed by atoms with Gasteiger partial charge in [-0.05, 0) is 18.1 Å². The largest absolute Gasteiger partial charge is 0.302 e. The van der Waals surface area contributed by atoms with Gasteiger partial charge < -0.3 is 5.32 Å². The smallest absolute Gasteiger partial charge is 0.227 e. The molecular formula is C16H17Cl2N3O3S2. The van der Waals surface area contributed by atoms with Crippen LogP contribution in [0.25, 0.3) is 0 Å². The van der Waals surface area contributed by atoms with E-state index < -0.39 is 10.0 Å². The van der Waals surface area contributed by atoms with Crippen LogP contribution in [0.4, 0.5) is 5.13 Å². The normalized spacial score (nSPS) is 16.7. The zero-order valence-electron chi connectivity index (χ0n) is 13.7. The number of rotatable bonds is 6. The molecule has 6 nitrogen and oxygen atoms in total. The van der Waals surface area contributed by atoms with Gasteiger partial charge in [0.15, 0.2) is 5.13 Å². The first kappa shape index (κ1) is 19.6. The van der Waals surface area contributed by atoms with Crippen LogP contribution in [0, 0.1) is 0 Å². The molecule has 140 valence electrons. The zero-order valence-corrected chi connectivity index (χ0v) is 16.9. The van der Waals surface area contributed by atoms with Crippen molar-refractivity contribution in [1.82, 2.24) is 9.29 Å². The molecule has 1 aliphatic heterocycles. The highest BCUT2D eigenvalue weighted by Crippen LogP contribution is 2.29. The quantitative estimate of drug-likeness (QED) is 0.756. The molecule has 0 radical (unpaired) electrons.